The summed E-state index contributed by atoms with van der Waals surface area (Å²) in [6.45, 7) is 5.08. The number of aromatic amines is 1. The van der Waals surface area contributed by atoms with Gasteiger partial charge in [0, 0.05) is 4.88 Å². The Morgan fingerprint density at radius 3 is 2.87 bits per heavy atom. The Morgan fingerprint density at radius 2 is 2.10 bits per heavy atom. The maximum atomic E-state index is 12.8. The minimum atomic E-state index is -0.0414. The molecule has 1 aliphatic carbocycles. The molecule has 160 valence electrons. The normalized spacial score (nSPS) is 17.0. The van der Waals surface area contributed by atoms with Crippen molar-refractivity contribution in [3.05, 3.63) is 50.4 Å². The summed E-state index contributed by atoms with van der Waals surface area (Å²) < 4.78 is 10.7. The molecule has 4 rings (SSSR count). The van der Waals surface area contributed by atoms with Crippen LogP contribution in [-0.4, -0.2) is 30.7 Å². The number of fused-ring (bicyclic) bond motifs is 3. The topological polar surface area (TPSA) is 76.2 Å². The molecule has 0 saturated carbocycles. The molecule has 0 radical (unpaired) electrons. The summed E-state index contributed by atoms with van der Waals surface area (Å²) in [6.07, 6.45) is 4.03. The largest absolute Gasteiger partial charge is 0.493 e. The maximum absolute atomic E-state index is 12.8. The standard InChI is InChI=1S/C23H29N3O3S/c1-13-5-7-16-19(11-13)30-23-20(16)22(27)25-21(26-23)14(2)24-10-9-15-6-8-17(28-3)18(12-15)29-4/h6,8,12-14,24H,5,7,9-11H2,1-4H3,(H,25,26,27)/t13-,14-/m1/s1. The molecular weight excluding hydrogens is 398 g/mol. The van der Waals surface area contributed by atoms with E-state index in [-0.39, 0.29) is 11.6 Å². The third kappa shape index (κ3) is 4.09. The molecule has 0 unspecified atom stereocenters. The van der Waals surface area contributed by atoms with E-state index in [0.717, 1.165) is 59.5 Å². The van der Waals surface area contributed by atoms with Gasteiger partial charge in [-0.3, -0.25) is 4.79 Å². The first-order chi connectivity index (χ1) is 14.5. The van der Waals surface area contributed by atoms with Crippen molar-refractivity contribution in [2.24, 2.45) is 5.92 Å². The van der Waals surface area contributed by atoms with Crippen LogP contribution < -0.4 is 20.3 Å². The second kappa shape index (κ2) is 8.78. The molecule has 0 saturated heterocycles. The van der Waals surface area contributed by atoms with Crippen LogP contribution in [-0.2, 0) is 19.3 Å². The number of hydrogen-bond donors (Lipinski definition) is 2. The van der Waals surface area contributed by atoms with Gasteiger partial charge < -0.3 is 19.8 Å². The van der Waals surface area contributed by atoms with Gasteiger partial charge in [0.2, 0.25) is 0 Å². The fourth-order valence-electron chi connectivity index (χ4n) is 4.14. The van der Waals surface area contributed by atoms with Crippen LogP contribution in [0.3, 0.4) is 0 Å². The number of methoxy groups -OCH3 is 2. The number of benzene rings is 1. The van der Waals surface area contributed by atoms with Crippen molar-refractivity contribution in [3.8, 4) is 11.5 Å². The molecule has 7 heteroatoms. The van der Waals surface area contributed by atoms with Crippen LogP contribution in [0, 0.1) is 5.92 Å². The SMILES string of the molecule is COc1ccc(CCN[C@H](C)c2nc3sc4c(c3c(=O)[nH]2)CC[C@@H](C)C4)cc1OC. The molecule has 6 nitrogen and oxygen atoms in total. The fraction of sp³-hybridized carbons (Fsp3) is 0.478. The Labute approximate surface area is 180 Å². The predicted molar refractivity (Wildman–Crippen MR) is 121 cm³/mol. The third-order valence-corrected chi connectivity index (χ3v) is 7.05. The molecular formula is C23H29N3O3S. The lowest BCUT2D eigenvalue weighted by Gasteiger charge is -2.17. The van der Waals surface area contributed by atoms with E-state index in [9.17, 15) is 4.79 Å². The van der Waals surface area contributed by atoms with E-state index in [0.29, 0.717) is 11.7 Å². The van der Waals surface area contributed by atoms with Gasteiger partial charge in [0.15, 0.2) is 11.5 Å². The van der Waals surface area contributed by atoms with Crippen molar-refractivity contribution >= 4 is 21.6 Å². The summed E-state index contributed by atoms with van der Waals surface area (Å²) in [6, 6.07) is 5.91. The Morgan fingerprint density at radius 1 is 1.30 bits per heavy atom. The number of ether oxygens (including phenoxy) is 2. The summed E-state index contributed by atoms with van der Waals surface area (Å²) in [5, 5.41) is 4.28. The van der Waals surface area contributed by atoms with E-state index in [4.69, 9.17) is 14.5 Å². The highest BCUT2D eigenvalue weighted by Crippen LogP contribution is 2.35. The minimum absolute atomic E-state index is 0.00408. The van der Waals surface area contributed by atoms with Crippen molar-refractivity contribution in [1.82, 2.24) is 15.3 Å². The fourth-order valence-corrected chi connectivity index (χ4v) is 5.53. The molecule has 2 aromatic heterocycles. The van der Waals surface area contributed by atoms with E-state index < -0.39 is 0 Å². The van der Waals surface area contributed by atoms with Crippen molar-refractivity contribution in [2.45, 2.75) is 45.6 Å². The molecule has 2 atom stereocenters. The van der Waals surface area contributed by atoms with Crippen molar-refractivity contribution in [3.63, 3.8) is 0 Å². The molecule has 3 aromatic rings. The molecule has 2 N–H and O–H groups in total. The van der Waals surface area contributed by atoms with Gasteiger partial charge in [-0.15, -0.1) is 11.3 Å². The van der Waals surface area contributed by atoms with Crippen LogP contribution in [0.5, 0.6) is 11.5 Å². The Balaban J connectivity index is 1.46. The highest BCUT2D eigenvalue weighted by atomic mass is 32.1. The van der Waals surface area contributed by atoms with Gasteiger partial charge in [-0.1, -0.05) is 13.0 Å². The molecule has 2 heterocycles. The van der Waals surface area contributed by atoms with Crippen LogP contribution in [0.4, 0.5) is 0 Å². The monoisotopic (exact) mass is 427 g/mol. The zero-order valence-corrected chi connectivity index (χ0v) is 18.8. The van der Waals surface area contributed by atoms with Gasteiger partial charge in [0.1, 0.15) is 10.7 Å². The van der Waals surface area contributed by atoms with Gasteiger partial charge in [0.25, 0.3) is 5.56 Å². The van der Waals surface area contributed by atoms with E-state index >= 15 is 0 Å². The number of H-pyrrole nitrogens is 1. The Hall–Kier alpha value is -2.38. The number of rotatable bonds is 7. The minimum Gasteiger partial charge on any atom is -0.493 e. The first kappa shape index (κ1) is 20.9. The van der Waals surface area contributed by atoms with Crippen LogP contribution in [0.25, 0.3) is 10.2 Å². The lowest BCUT2D eigenvalue weighted by atomic mass is 9.89. The lowest BCUT2D eigenvalue weighted by Crippen LogP contribution is -2.25. The van der Waals surface area contributed by atoms with Crippen molar-refractivity contribution < 1.29 is 9.47 Å². The Bertz CT molecular complexity index is 1110. The second-order valence-electron chi connectivity index (χ2n) is 8.10. The summed E-state index contributed by atoms with van der Waals surface area (Å²) in [4.78, 5) is 22.8. The van der Waals surface area contributed by atoms with Crippen LogP contribution >= 0.6 is 11.3 Å². The number of hydrogen-bond acceptors (Lipinski definition) is 6. The molecule has 0 fully saturated rings. The first-order valence-electron chi connectivity index (χ1n) is 10.5. The third-order valence-electron chi connectivity index (χ3n) is 5.91. The van der Waals surface area contributed by atoms with Crippen LogP contribution in [0.1, 0.15) is 48.1 Å². The zero-order chi connectivity index (χ0) is 21.3. The Kier molecular flexibility index (Phi) is 6.11. The highest BCUT2D eigenvalue weighted by Gasteiger charge is 2.23. The highest BCUT2D eigenvalue weighted by molar-refractivity contribution is 7.18. The van der Waals surface area contributed by atoms with Gasteiger partial charge >= 0.3 is 0 Å². The maximum Gasteiger partial charge on any atom is 0.259 e. The molecule has 0 amide bonds. The quantitative estimate of drug-likeness (QED) is 0.596. The molecule has 0 bridgehead atoms. The summed E-state index contributed by atoms with van der Waals surface area (Å²) in [5.74, 6) is 2.84. The van der Waals surface area contributed by atoms with Gasteiger partial charge in [0.05, 0.1) is 25.6 Å². The average molecular weight is 428 g/mol. The van der Waals surface area contributed by atoms with Crippen LogP contribution in [0.15, 0.2) is 23.0 Å². The van der Waals surface area contributed by atoms with E-state index in [2.05, 4.69) is 17.2 Å². The van der Waals surface area contributed by atoms with Gasteiger partial charge in [-0.05, 0) is 68.3 Å². The van der Waals surface area contributed by atoms with Gasteiger partial charge in [-0.2, -0.15) is 0 Å². The molecule has 1 aliphatic rings. The zero-order valence-electron chi connectivity index (χ0n) is 18.0. The molecule has 1 aromatic carbocycles. The van der Waals surface area contributed by atoms with Crippen molar-refractivity contribution in [1.29, 1.82) is 0 Å². The second-order valence-corrected chi connectivity index (χ2v) is 9.18. The summed E-state index contributed by atoms with van der Waals surface area (Å²) >= 11 is 1.69. The summed E-state index contributed by atoms with van der Waals surface area (Å²) in [5.41, 5.74) is 2.38. The number of aryl methyl sites for hydroxylation is 1. The number of nitrogens with zero attached hydrogens (tertiary/aromatic N) is 1. The van der Waals surface area contributed by atoms with E-state index in [1.54, 1.807) is 25.6 Å². The van der Waals surface area contributed by atoms with Crippen LogP contribution in [0.2, 0.25) is 0 Å². The molecule has 0 spiro atoms. The van der Waals surface area contributed by atoms with Gasteiger partial charge in [-0.25, -0.2) is 4.98 Å². The smallest absolute Gasteiger partial charge is 0.259 e. The van der Waals surface area contributed by atoms with Crippen molar-refractivity contribution in [2.75, 3.05) is 20.8 Å². The summed E-state index contributed by atoms with van der Waals surface area (Å²) in [7, 11) is 3.28. The number of nitrogens with one attached hydrogen (secondary N) is 2. The first-order valence-corrected chi connectivity index (χ1v) is 11.3. The average Bonchev–Trinajstić information content (AvgIpc) is 3.11. The van der Waals surface area contributed by atoms with E-state index in [1.165, 1.54) is 10.4 Å². The van der Waals surface area contributed by atoms with E-state index in [1.807, 2.05) is 25.1 Å². The predicted octanol–water partition coefficient (Wildman–Crippen LogP) is 4.02. The molecule has 0 aliphatic heterocycles. The number of aromatic nitrogens is 2. The lowest BCUT2D eigenvalue weighted by molar-refractivity contribution is 0.354. The number of thiophene rings is 1. The molecule has 30 heavy (non-hydrogen) atoms.